The Bertz CT molecular complexity index is 317. The Hall–Kier alpha value is -0.610. The number of carboxylic acid groups (broad SMARTS) is 1. The molecule has 4 heteroatoms. The topological polar surface area (TPSA) is 60.4 Å². The van der Waals surface area contributed by atoms with Gasteiger partial charge in [0.05, 0.1) is 19.6 Å². The molecule has 0 radical (unpaired) electrons. The molecule has 0 amide bonds. The van der Waals surface area contributed by atoms with Gasteiger partial charge < -0.3 is 19.5 Å². The summed E-state index contributed by atoms with van der Waals surface area (Å²) in [6, 6.07) is 0. The number of carbonyl (C=O) groups is 1. The third kappa shape index (κ3) is 11.9. The lowest BCUT2D eigenvalue weighted by Gasteiger charge is -2.40. The second-order valence-corrected chi connectivity index (χ2v) is 8.16. The van der Waals surface area contributed by atoms with Crippen molar-refractivity contribution in [3.8, 4) is 0 Å². The Morgan fingerprint density at radius 3 is 1.42 bits per heavy atom. The summed E-state index contributed by atoms with van der Waals surface area (Å²) in [7, 11) is 0. The lowest BCUT2D eigenvalue weighted by atomic mass is 9.85. The first-order valence-corrected chi connectivity index (χ1v) is 10.9. The van der Waals surface area contributed by atoms with Crippen molar-refractivity contribution >= 4 is 5.97 Å². The van der Waals surface area contributed by atoms with E-state index in [-0.39, 0.29) is 6.10 Å². The zero-order valence-corrected chi connectivity index (χ0v) is 18.8. The van der Waals surface area contributed by atoms with Crippen LogP contribution in [0.15, 0.2) is 0 Å². The molecule has 158 valence electrons. The van der Waals surface area contributed by atoms with Crippen LogP contribution in [0.25, 0.3) is 0 Å². The van der Waals surface area contributed by atoms with Crippen molar-refractivity contribution in [2.75, 3.05) is 26.2 Å². The van der Waals surface area contributed by atoms with E-state index in [1.54, 1.807) is 6.92 Å². The van der Waals surface area contributed by atoms with Crippen LogP contribution in [0.2, 0.25) is 0 Å². The molecule has 0 aromatic heterocycles. The van der Waals surface area contributed by atoms with Gasteiger partial charge in [0.2, 0.25) is 0 Å². The molecule has 1 N–H and O–H groups in total. The summed E-state index contributed by atoms with van der Waals surface area (Å²) < 4.78 is 1.15. The molecule has 1 atom stereocenters. The first-order valence-electron chi connectivity index (χ1n) is 10.9. The standard InChI is InChI=1S/C15H34NO.C7H14O2/c1-5-8-11-16(12-9-6-2,13-10-7-3)14-15(4)17;1-4-7(3,5-2)6(8)9/h15,17H,5-14H2,1-4H3;4-5H2,1-3H3,(H,8,9)/q+1;/p-1. The second-order valence-electron chi connectivity index (χ2n) is 8.16. The molecule has 0 rings (SSSR count). The maximum absolute atomic E-state index is 10.4. The SMILES string of the molecule is CCC(C)(CC)C(=O)[O-].CCCC[N+](CCCC)(CCCC)CC(C)O. The summed E-state index contributed by atoms with van der Waals surface area (Å²) in [5, 5.41) is 20.1. The van der Waals surface area contributed by atoms with Crippen LogP contribution in [-0.2, 0) is 4.79 Å². The largest absolute Gasteiger partial charge is 0.550 e. The molecule has 0 saturated carbocycles. The van der Waals surface area contributed by atoms with Crippen LogP contribution in [0.1, 0.15) is 99.8 Å². The van der Waals surface area contributed by atoms with Crippen molar-refractivity contribution in [2.45, 2.75) is 106 Å². The summed E-state index contributed by atoms with van der Waals surface area (Å²) in [5.41, 5.74) is -0.611. The highest BCUT2D eigenvalue weighted by atomic mass is 16.4. The van der Waals surface area contributed by atoms with Gasteiger partial charge in [-0.25, -0.2) is 0 Å². The molecule has 0 spiro atoms. The number of nitrogens with zero attached hydrogens (tertiary/aromatic N) is 1. The average Bonchev–Trinajstić information content (AvgIpc) is 2.62. The van der Waals surface area contributed by atoms with E-state index in [4.69, 9.17) is 0 Å². The Morgan fingerprint density at radius 2 is 1.27 bits per heavy atom. The quantitative estimate of drug-likeness (QED) is 0.465. The van der Waals surface area contributed by atoms with Crippen LogP contribution in [-0.4, -0.2) is 47.8 Å². The molecule has 26 heavy (non-hydrogen) atoms. The van der Waals surface area contributed by atoms with Crippen LogP contribution >= 0.6 is 0 Å². The summed E-state index contributed by atoms with van der Waals surface area (Å²) in [6.45, 7) is 18.9. The highest BCUT2D eigenvalue weighted by Gasteiger charge is 2.27. The number of rotatable bonds is 14. The lowest BCUT2D eigenvalue weighted by molar-refractivity contribution is -0.931. The molecular formula is C22H47NO3. The molecule has 0 saturated heterocycles. The predicted molar refractivity (Wildman–Crippen MR) is 110 cm³/mol. The Balaban J connectivity index is 0. The first kappa shape index (κ1) is 27.6. The zero-order chi connectivity index (χ0) is 20.6. The number of aliphatic hydroxyl groups is 1. The smallest absolute Gasteiger partial charge is 0.105 e. The number of aliphatic hydroxyl groups excluding tert-OH is 1. The normalized spacial score (nSPS) is 13.1. The van der Waals surface area contributed by atoms with Gasteiger partial charge >= 0.3 is 0 Å². The fraction of sp³-hybridized carbons (Fsp3) is 0.955. The van der Waals surface area contributed by atoms with E-state index in [9.17, 15) is 15.0 Å². The Kier molecular flexibility index (Phi) is 16.4. The maximum atomic E-state index is 10.4. The van der Waals surface area contributed by atoms with Gasteiger partial charge in [0, 0.05) is 11.4 Å². The van der Waals surface area contributed by atoms with E-state index in [0.29, 0.717) is 12.8 Å². The summed E-state index contributed by atoms with van der Waals surface area (Å²) >= 11 is 0. The second kappa shape index (κ2) is 15.4. The third-order valence-electron chi connectivity index (χ3n) is 5.66. The van der Waals surface area contributed by atoms with Crippen LogP contribution in [0.3, 0.4) is 0 Å². The molecular weight excluding hydrogens is 326 g/mol. The van der Waals surface area contributed by atoms with Gasteiger partial charge in [-0.3, -0.25) is 0 Å². The first-order chi connectivity index (χ1) is 12.2. The van der Waals surface area contributed by atoms with Crippen LogP contribution in [0.4, 0.5) is 0 Å². The fourth-order valence-electron chi connectivity index (χ4n) is 3.19. The number of carbonyl (C=O) groups excluding carboxylic acids is 1. The fourth-order valence-corrected chi connectivity index (χ4v) is 3.19. The number of hydrogen-bond acceptors (Lipinski definition) is 3. The van der Waals surface area contributed by atoms with Gasteiger partial charge in [0.15, 0.2) is 0 Å². The van der Waals surface area contributed by atoms with Crippen LogP contribution in [0.5, 0.6) is 0 Å². The molecule has 0 aromatic rings. The zero-order valence-electron chi connectivity index (χ0n) is 18.8. The molecule has 0 aliphatic rings. The monoisotopic (exact) mass is 373 g/mol. The van der Waals surface area contributed by atoms with Gasteiger partial charge in [-0.1, -0.05) is 60.8 Å². The maximum Gasteiger partial charge on any atom is 0.105 e. The Morgan fingerprint density at radius 1 is 0.923 bits per heavy atom. The van der Waals surface area contributed by atoms with E-state index in [2.05, 4.69) is 20.8 Å². The van der Waals surface area contributed by atoms with Crippen molar-refractivity contribution in [3.05, 3.63) is 0 Å². The van der Waals surface area contributed by atoms with E-state index >= 15 is 0 Å². The molecule has 4 nitrogen and oxygen atoms in total. The van der Waals surface area contributed by atoms with E-state index in [1.165, 1.54) is 58.2 Å². The molecule has 0 bridgehead atoms. The van der Waals surface area contributed by atoms with Crippen molar-refractivity contribution in [3.63, 3.8) is 0 Å². The van der Waals surface area contributed by atoms with Gasteiger partial charge in [-0.05, 0) is 39.0 Å². The highest BCUT2D eigenvalue weighted by molar-refractivity contribution is 5.71. The van der Waals surface area contributed by atoms with Crippen molar-refractivity contribution in [2.24, 2.45) is 5.41 Å². The minimum atomic E-state index is -0.937. The van der Waals surface area contributed by atoms with Crippen LogP contribution < -0.4 is 5.11 Å². The summed E-state index contributed by atoms with van der Waals surface area (Å²) in [5.74, 6) is -0.937. The number of hydrogen-bond donors (Lipinski definition) is 1. The molecule has 0 aliphatic carbocycles. The molecule has 0 heterocycles. The van der Waals surface area contributed by atoms with E-state index in [0.717, 1.165) is 11.0 Å². The molecule has 0 aromatic carbocycles. The van der Waals surface area contributed by atoms with Crippen molar-refractivity contribution in [1.29, 1.82) is 0 Å². The minimum absolute atomic E-state index is 0.166. The highest BCUT2D eigenvalue weighted by Crippen LogP contribution is 2.23. The predicted octanol–water partition coefficient (Wildman–Crippen LogP) is 4.15. The van der Waals surface area contributed by atoms with Gasteiger partial charge in [-0.2, -0.15) is 0 Å². The molecule has 0 fully saturated rings. The summed E-state index contributed by atoms with van der Waals surface area (Å²) in [4.78, 5) is 10.4. The van der Waals surface area contributed by atoms with Crippen molar-refractivity contribution in [1.82, 2.24) is 0 Å². The molecule has 0 aliphatic heterocycles. The number of aliphatic carboxylic acids is 1. The van der Waals surface area contributed by atoms with E-state index in [1.807, 2.05) is 20.8 Å². The average molecular weight is 374 g/mol. The molecule has 1 unspecified atom stereocenters. The number of carboxylic acids is 1. The van der Waals surface area contributed by atoms with Gasteiger partial charge in [-0.15, -0.1) is 0 Å². The summed E-state index contributed by atoms with van der Waals surface area (Å²) in [6.07, 6.45) is 8.78. The van der Waals surface area contributed by atoms with E-state index < -0.39 is 11.4 Å². The number of quaternary nitrogens is 1. The minimum Gasteiger partial charge on any atom is -0.550 e. The number of unbranched alkanes of at least 4 members (excludes halogenated alkanes) is 3. The van der Waals surface area contributed by atoms with Crippen molar-refractivity contribution < 1.29 is 19.5 Å². The van der Waals surface area contributed by atoms with Gasteiger partial charge in [0.1, 0.15) is 12.6 Å². The third-order valence-corrected chi connectivity index (χ3v) is 5.66. The lowest BCUT2D eigenvalue weighted by Crippen LogP contribution is -2.53. The van der Waals surface area contributed by atoms with Crippen LogP contribution in [0, 0.1) is 5.41 Å². The Labute approximate surface area is 163 Å². The van der Waals surface area contributed by atoms with Gasteiger partial charge in [0.25, 0.3) is 0 Å².